The number of nitrogen functional groups attached to an aromatic ring is 1. The zero-order chi connectivity index (χ0) is 13.0. The van der Waals surface area contributed by atoms with E-state index in [1.807, 2.05) is 11.8 Å². The maximum absolute atomic E-state index is 10.8. The highest BCUT2D eigenvalue weighted by molar-refractivity contribution is 5.89. The summed E-state index contributed by atoms with van der Waals surface area (Å²) in [7, 11) is 0. The lowest BCUT2D eigenvalue weighted by atomic mass is 10.2. The van der Waals surface area contributed by atoms with Gasteiger partial charge in [-0.1, -0.05) is 13.8 Å². The minimum absolute atomic E-state index is 0.117. The Bertz CT molecular complexity index is 405. The lowest BCUT2D eigenvalue weighted by Gasteiger charge is -2.25. The fourth-order valence-corrected chi connectivity index (χ4v) is 1.66. The molecule has 1 heterocycles. The number of nitrogens with zero attached hydrogens (tertiary/aromatic N) is 2. The number of hydrogen-bond donors (Lipinski definition) is 2. The molecule has 0 aliphatic heterocycles. The Balaban J connectivity index is 3.00. The van der Waals surface area contributed by atoms with Gasteiger partial charge in [0.1, 0.15) is 0 Å². The zero-order valence-electron chi connectivity index (χ0n) is 10.5. The van der Waals surface area contributed by atoms with Crippen molar-refractivity contribution in [3.63, 3.8) is 0 Å². The largest absolute Gasteiger partial charge is 0.478 e. The number of rotatable bonds is 5. The summed E-state index contributed by atoms with van der Waals surface area (Å²) in [6.07, 6.45) is 1.34. The van der Waals surface area contributed by atoms with Gasteiger partial charge < -0.3 is 15.7 Å². The van der Waals surface area contributed by atoms with Crippen LogP contribution in [0.5, 0.6) is 0 Å². The molecule has 0 aliphatic carbocycles. The molecular weight excluding hydrogens is 218 g/mol. The molecule has 94 valence electrons. The zero-order valence-corrected chi connectivity index (χ0v) is 10.5. The van der Waals surface area contributed by atoms with E-state index in [-0.39, 0.29) is 5.56 Å². The van der Waals surface area contributed by atoms with Crippen molar-refractivity contribution in [3.8, 4) is 0 Å². The first-order chi connectivity index (χ1) is 7.95. The van der Waals surface area contributed by atoms with Gasteiger partial charge in [-0.2, -0.15) is 0 Å². The summed E-state index contributed by atoms with van der Waals surface area (Å²) in [4.78, 5) is 17.0. The fourth-order valence-electron chi connectivity index (χ4n) is 1.66. The smallest absolute Gasteiger partial charge is 0.337 e. The molecule has 0 aliphatic rings. The SMILES string of the molecule is CCN(CC(C)C)c1ncc(C(=O)O)cc1N. The van der Waals surface area contributed by atoms with Crippen molar-refractivity contribution in [1.82, 2.24) is 4.98 Å². The molecule has 0 amide bonds. The number of hydrogen-bond acceptors (Lipinski definition) is 4. The molecule has 0 spiro atoms. The van der Waals surface area contributed by atoms with Crippen LogP contribution in [0.1, 0.15) is 31.1 Å². The summed E-state index contributed by atoms with van der Waals surface area (Å²) in [5.74, 6) is 0.143. The van der Waals surface area contributed by atoms with Crippen LogP contribution in [0.15, 0.2) is 12.3 Å². The molecule has 1 aromatic rings. The summed E-state index contributed by atoms with van der Waals surface area (Å²) in [6, 6.07) is 1.45. The van der Waals surface area contributed by atoms with Crippen LogP contribution in [0, 0.1) is 5.92 Å². The molecule has 0 fully saturated rings. The van der Waals surface area contributed by atoms with E-state index < -0.39 is 5.97 Å². The topological polar surface area (TPSA) is 79.5 Å². The highest BCUT2D eigenvalue weighted by Gasteiger charge is 2.13. The normalized spacial score (nSPS) is 10.6. The molecule has 3 N–H and O–H groups in total. The van der Waals surface area contributed by atoms with Gasteiger partial charge in [0.2, 0.25) is 0 Å². The summed E-state index contributed by atoms with van der Waals surface area (Å²) >= 11 is 0. The number of nitrogens with two attached hydrogens (primary N) is 1. The van der Waals surface area contributed by atoms with E-state index in [4.69, 9.17) is 10.8 Å². The molecule has 1 rings (SSSR count). The van der Waals surface area contributed by atoms with E-state index in [2.05, 4.69) is 18.8 Å². The van der Waals surface area contributed by atoms with Crippen molar-refractivity contribution in [2.75, 3.05) is 23.7 Å². The number of aromatic carboxylic acids is 1. The number of carbonyl (C=O) groups is 1. The summed E-state index contributed by atoms with van der Waals surface area (Å²) in [5, 5.41) is 8.83. The highest BCUT2D eigenvalue weighted by Crippen LogP contribution is 2.21. The number of anilines is 2. The first-order valence-corrected chi connectivity index (χ1v) is 5.69. The molecule has 0 atom stereocenters. The molecule has 5 nitrogen and oxygen atoms in total. The molecule has 0 saturated carbocycles. The monoisotopic (exact) mass is 237 g/mol. The molecule has 0 radical (unpaired) electrons. The van der Waals surface area contributed by atoms with Crippen LogP contribution in [-0.2, 0) is 0 Å². The molecule has 17 heavy (non-hydrogen) atoms. The van der Waals surface area contributed by atoms with Crippen molar-refractivity contribution >= 4 is 17.5 Å². The van der Waals surface area contributed by atoms with Crippen LogP contribution in [0.2, 0.25) is 0 Å². The third-order valence-electron chi connectivity index (χ3n) is 2.41. The maximum atomic E-state index is 10.8. The average molecular weight is 237 g/mol. The number of pyridine rings is 1. The standard InChI is InChI=1S/C12H19N3O2/c1-4-15(7-8(2)3)11-10(13)5-9(6-14-11)12(16)17/h5-6,8H,4,7,13H2,1-3H3,(H,16,17). The van der Waals surface area contributed by atoms with Crippen molar-refractivity contribution in [2.45, 2.75) is 20.8 Å². The predicted octanol–water partition coefficient (Wildman–Crippen LogP) is 1.84. The third-order valence-corrected chi connectivity index (χ3v) is 2.41. The third kappa shape index (κ3) is 3.34. The van der Waals surface area contributed by atoms with Crippen molar-refractivity contribution < 1.29 is 9.90 Å². The second kappa shape index (κ2) is 5.52. The Morgan fingerprint density at radius 2 is 2.24 bits per heavy atom. The number of carboxylic acid groups (broad SMARTS) is 1. The van der Waals surface area contributed by atoms with Crippen LogP contribution in [-0.4, -0.2) is 29.1 Å². The van der Waals surface area contributed by atoms with Crippen LogP contribution < -0.4 is 10.6 Å². The predicted molar refractivity (Wildman–Crippen MR) is 68.3 cm³/mol. The lowest BCUT2D eigenvalue weighted by Crippen LogP contribution is -2.29. The molecule has 0 unspecified atom stereocenters. The first-order valence-electron chi connectivity index (χ1n) is 5.69. The van der Waals surface area contributed by atoms with Gasteiger partial charge in [-0.3, -0.25) is 0 Å². The van der Waals surface area contributed by atoms with Gasteiger partial charge in [0, 0.05) is 19.3 Å². The molecule has 5 heteroatoms. The number of aromatic nitrogens is 1. The van der Waals surface area contributed by atoms with Gasteiger partial charge >= 0.3 is 5.97 Å². The van der Waals surface area contributed by atoms with Crippen LogP contribution in [0.25, 0.3) is 0 Å². The fraction of sp³-hybridized carbons (Fsp3) is 0.500. The minimum atomic E-state index is -1.01. The van der Waals surface area contributed by atoms with Crippen molar-refractivity contribution in [3.05, 3.63) is 17.8 Å². The van der Waals surface area contributed by atoms with Gasteiger partial charge in [-0.05, 0) is 18.9 Å². The van der Waals surface area contributed by atoms with Gasteiger partial charge in [0.15, 0.2) is 5.82 Å². The Morgan fingerprint density at radius 3 is 2.65 bits per heavy atom. The highest BCUT2D eigenvalue weighted by atomic mass is 16.4. The maximum Gasteiger partial charge on any atom is 0.337 e. The van der Waals surface area contributed by atoms with E-state index in [0.717, 1.165) is 13.1 Å². The first kappa shape index (κ1) is 13.3. The molecule has 0 bridgehead atoms. The lowest BCUT2D eigenvalue weighted by molar-refractivity contribution is 0.0696. The second-order valence-electron chi connectivity index (χ2n) is 4.37. The van der Waals surface area contributed by atoms with E-state index in [0.29, 0.717) is 17.4 Å². The van der Waals surface area contributed by atoms with Gasteiger partial charge in [-0.25, -0.2) is 9.78 Å². The van der Waals surface area contributed by atoms with Crippen LogP contribution >= 0.6 is 0 Å². The Hall–Kier alpha value is -1.78. The quantitative estimate of drug-likeness (QED) is 0.817. The van der Waals surface area contributed by atoms with Crippen molar-refractivity contribution in [1.29, 1.82) is 0 Å². The van der Waals surface area contributed by atoms with Gasteiger partial charge in [-0.15, -0.1) is 0 Å². The summed E-state index contributed by atoms with van der Waals surface area (Å²) in [6.45, 7) is 7.89. The Labute approximate surface area is 101 Å². The summed E-state index contributed by atoms with van der Waals surface area (Å²) in [5.41, 5.74) is 6.37. The molecule has 0 saturated heterocycles. The van der Waals surface area contributed by atoms with E-state index in [9.17, 15) is 4.79 Å². The average Bonchev–Trinajstić information content (AvgIpc) is 2.25. The van der Waals surface area contributed by atoms with E-state index in [1.54, 1.807) is 0 Å². The minimum Gasteiger partial charge on any atom is -0.478 e. The summed E-state index contributed by atoms with van der Waals surface area (Å²) < 4.78 is 0. The second-order valence-corrected chi connectivity index (χ2v) is 4.37. The Kier molecular flexibility index (Phi) is 4.31. The molecular formula is C12H19N3O2. The van der Waals surface area contributed by atoms with Crippen LogP contribution in [0.3, 0.4) is 0 Å². The Morgan fingerprint density at radius 1 is 1.59 bits per heavy atom. The van der Waals surface area contributed by atoms with E-state index >= 15 is 0 Å². The van der Waals surface area contributed by atoms with Crippen LogP contribution in [0.4, 0.5) is 11.5 Å². The van der Waals surface area contributed by atoms with E-state index in [1.165, 1.54) is 12.3 Å². The van der Waals surface area contributed by atoms with Gasteiger partial charge in [0.25, 0.3) is 0 Å². The molecule has 1 aromatic heterocycles. The van der Waals surface area contributed by atoms with Gasteiger partial charge in [0.05, 0.1) is 11.3 Å². The van der Waals surface area contributed by atoms with Crippen molar-refractivity contribution in [2.24, 2.45) is 5.92 Å². The molecule has 0 aromatic carbocycles. The number of carboxylic acids is 1.